The highest BCUT2D eigenvalue weighted by atomic mass is 32.2. The largest absolute Gasteiger partial charge is 0.490 e. The van der Waals surface area contributed by atoms with E-state index in [0.717, 1.165) is 12.8 Å². The fourth-order valence-corrected chi connectivity index (χ4v) is 3.57. The van der Waals surface area contributed by atoms with Gasteiger partial charge in [0.1, 0.15) is 6.79 Å². The van der Waals surface area contributed by atoms with Crippen LogP contribution in [-0.2, 0) is 19.5 Å². The third kappa shape index (κ3) is 7.27. The number of hydrogen-bond donors (Lipinski definition) is 1. The Bertz CT molecular complexity index is 648. The average Bonchev–Trinajstić information content (AvgIpc) is 3.37. The molecule has 0 aliphatic heterocycles. The summed E-state index contributed by atoms with van der Waals surface area (Å²) < 4.78 is 56.0. The molecule has 0 spiro atoms. The highest BCUT2D eigenvalue weighted by Crippen LogP contribution is 2.31. The Morgan fingerprint density at radius 1 is 1.36 bits per heavy atom. The molecular formula is C17H26FNO5S. The Labute approximate surface area is 148 Å². The molecule has 8 heteroatoms. The first kappa shape index (κ1) is 20.1. The van der Waals surface area contributed by atoms with Crippen LogP contribution in [0.2, 0.25) is 0 Å². The summed E-state index contributed by atoms with van der Waals surface area (Å²) in [6.07, 6.45) is 2.60. The van der Waals surface area contributed by atoms with Crippen molar-refractivity contribution in [2.45, 2.75) is 32.2 Å². The highest BCUT2D eigenvalue weighted by Gasteiger charge is 2.23. The molecule has 142 valence electrons. The molecule has 25 heavy (non-hydrogen) atoms. The Balaban J connectivity index is 1.87. The van der Waals surface area contributed by atoms with E-state index in [1.165, 1.54) is 13.2 Å². The van der Waals surface area contributed by atoms with Gasteiger partial charge in [0.15, 0.2) is 11.6 Å². The smallest absolute Gasteiger partial charge is 0.212 e. The molecule has 1 aromatic carbocycles. The third-order valence-corrected chi connectivity index (χ3v) is 5.42. The molecule has 0 radical (unpaired) electrons. The summed E-state index contributed by atoms with van der Waals surface area (Å²) in [5.74, 6) is 0.199. The van der Waals surface area contributed by atoms with Crippen molar-refractivity contribution in [2.75, 3.05) is 32.9 Å². The summed E-state index contributed by atoms with van der Waals surface area (Å²) in [5.41, 5.74) is 0.659. The second kappa shape index (κ2) is 9.47. The topological polar surface area (TPSA) is 73.9 Å². The quantitative estimate of drug-likeness (QED) is 0.449. The maximum Gasteiger partial charge on any atom is 0.212 e. The fraction of sp³-hybridized carbons (Fsp3) is 0.647. The van der Waals surface area contributed by atoms with E-state index in [-0.39, 0.29) is 18.3 Å². The molecule has 1 aliphatic carbocycles. The lowest BCUT2D eigenvalue weighted by Gasteiger charge is -2.16. The van der Waals surface area contributed by atoms with Crippen LogP contribution in [0.5, 0.6) is 5.75 Å². The van der Waals surface area contributed by atoms with Crippen molar-refractivity contribution in [1.29, 1.82) is 0 Å². The molecule has 6 nitrogen and oxygen atoms in total. The Hall–Kier alpha value is -1.22. The predicted octanol–water partition coefficient (Wildman–Crippen LogP) is 2.61. The lowest BCUT2D eigenvalue weighted by molar-refractivity contribution is -0.0298. The van der Waals surface area contributed by atoms with Crippen LogP contribution in [0.4, 0.5) is 4.39 Å². The number of sulfonamides is 1. The van der Waals surface area contributed by atoms with E-state index < -0.39 is 21.9 Å². The number of ether oxygens (including phenoxy) is 3. The lowest BCUT2D eigenvalue weighted by Crippen LogP contribution is -2.29. The van der Waals surface area contributed by atoms with Gasteiger partial charge in [-0.25, -0.2) is 17.5 Å². The van der Waals surface area contributed by atoms with Crippen LogP contribution in [0.1, 0.15) is 37.8 Å². The first-order valence-electron chi connectivity index (χ1n) is 8.40. The maximum atomic E-state index is 13.8. The van der Waals surface area contributed by atoms with Gasteiger partial charge in [0, 0.05) is 13.2 Å². The van der Waals surface area contributed by atoms with Crippen LogP contribution in [0.3, 0.4) is 0 Å². The summed E-state index contributed by atoms with van der Waals surface area (Å²) in [6, 6.07) is 3.95. The summed E-state index contributed by atoms with van der Waals surface area (Å²) in [4.78, 5) is 0. The molecule has 0 bridgehead atoms. The fourth-order valence-electron chi connectivity index (χ4n) is 2.28. The minimum atomic E-state index is -3.46. The summed E-state index contributed by atoms with van der Waals surface area (Å²) in [7, 11) is -1.95. The summed E-state index contributed by atoms with van der Waals surface area (Å²) >= 11 is 0. The van der Waals surface area contributed by atoms with E-state index in [4.69, 9.17) is 14.2 Å². The minimum Gasteiger partial charge on any atom is -0.490 e. The number of halogens is 1. The average molecular weight is 375 g/mol. The molecule has 1 N–H and O–H groups in total. The normalized spacial score (nSPS) is 16.0. The van der Waals surface area contributed by atoms with Gasteiger partial charge in [-0.2, -0.15) is 0 Å². The SMILES string of the molecule is COCOCCCS(=O)(=O)N[C@H](C)c1ccc(F)c(OCC2CC2)c1. The van der Waals surface area contributed by atoms with Crippen molar-refractivity contribution in [1.82, 2.24) is 4.72 Å². The first-order valence-corrected chi connectivity index (χ1v) is 10.1. The molecule has 0 amide bonds. The predicted molar refractivity (Wildman–Crippen MR) is 92.4 cm³/mol. The minimum absolute atomic E-state index is 0.0483. The van der Waals surface area contributed by atoms with Crippen LogP contribution in [0, 0.1) is 11.7 Å². The Morgan fingerprint density at radius 3 is 2.80 bits per heavy atom. The standard InChI is InChI=1S/C17H26FNO5S/c1-13(19-25(20,21)9-3-8-23-12-22-2)15-6-7-16(18)17(10-15)24-11-14-4-5-14/h6-7,10,13-14,19H,3-5,8-9,11-12H2,1-2H3/t13-/m1/s1. The van der Waals surface area contributed by atoms with Crippen molar-refractivity contribution in [3.05, 3.63) is 29.6 Å². The second-order valence-electron chi connectivity index (χ2n) is 6.27. The van der Waals surface area contributed by atoms with Crippen molar-refractivity contribution in [3.63, 3.8) is 0 Å². The van der Waals surface area contributed by atoms with Gasteiger partial charge in [0.25, 0.3) is 0 Å². The van der Waals surface area contributed by atoms with Gasteiger partial charge in [-0.3, -0.25) is 0 Å². The number of rotatable bonds is 12. The highest BCUT2D eigenvalue weighted by molar-refractivity contribution is 7.89. The van der Waals surface area contributed by atoms with Gasteiger partial charge >= 0.3 is 0 Å². The van der Waals surface area contributed by atoms with Crippen molar-refractivity contribution < 1.29 is 27.0 Å². The molecular weight excluding hydrogens is 349 g/mol. The van der Waals surface area contributed by atoms with Crippen molar-refractivity contribution in [3.8, 4) is 5.75 Å². The molecule has 0 aromatic heterocycles. The summed E-state index contributed by atoms with van der Waals surface area (Å²) in [5, 5.41) is 0. The van der Waals surface area contributed by atoms with Crippen LogP contribution >= 0.6 is 0 Å². The molecule has 0 saturated heterocycles. The first-order chi connectivity index (χ1) is 11.9. The van der Waals surface area contributed by atoms with Gasteiger partial charge < -0.3 is 14.2 Å². The van der Waals surface area contributed by atoms with E-state index in [0.29, 0.717) is 31.1 Å². The molecule has 1 fully saturated rings. The maximum absolute atomic E-state index is 13.8. The van der Waals surface area contributed by atoms with E-state index in [1.807, 2.05) is 0 Å². The Morgan fingerprint density at radius 2 is 2.12 bits per heavy atom. The second-order valence-corrected chi connectivity index (χ2v) is 8.14. The van der Waals surface area contributed by atoms with Gasteiger partial charge in [-0.05, 0) is 49.8 Å². The zero-order chi connectivity index (χ0) is 18.3. The third-order valence-electron chi connectivity index (χ3n) is 3.89. The van der Waals surface area contributed by atoms with Gasteiger partial charge in [-0.15, -0.1) is 0 Å². The Kier molecular flexibility index (Phi) is 7.61. The van der Waals surface area contributed by atoms with Gasteiger partial charge in [0.05, 0.1) is 19.0 Å². The van der Waals surface area contributed by atoms with E-state index in [9.17, 15) is 12.8 Å². The van der Waals surface area contributed by atoms with Crippen LogP contribution in [0.15, 0.2) is 18.2 Å². The number of benzene rings is 1. The lowest BCUT2D eigenvalue weighted by atomic mass is 10.1. The molecule has 1 aromatic rings. The molecule has 1 aliphatic rings. The number of methoxy groups -OCH3 is 1. The van der Waals surface area contributed by atoms with Crippen LogP contribution in [0.25, 0.3) is 0 Å². The molecule has 0 unspecified atom stereocenters. The van der Waals surface area contributed by atoms with Crippen molar-refractivity contribution >= 4 is 10.0 Å². The monoisotopic (exact) mass is 375 g/mol. The van der Waals surface area contributed by atoms with E-state index in [1.54, 1.807) is 19.1 Å². The zero-order valence-electron chi connectivity index (χ0n) is 14.7. The number of hydrogen-bond acceptors (Lipinski definition) is 5. The molecule has 0 heterocycles. The van der Waals surface area contributed by atoms with Gasteiger partial charge in [-0.1, -0.05) is 6.07 Å². The summed E-state index contributed by atoms with van der Waals surface area (Å²) in [6.45, 7) is 2.67. The zero-order valence-corrected chi connectivity index (χ0v) is 15.5. The van der Waals surface area contributed by atoms with Gasteiger partial charge in [0.2, 0.25) is 10.0 Å². The number of nitrogens with one attached hydrogen (secondary N) is 1. The van der Waals surface area contributed by atoms with Crippen LogP contribution in [-0.4, -0.2) is 41.3 Å². The van der Waals surface area contributed by atoms with Crippen LogP contribution < -0.4 is 9.46 Å². The molecule has 1 atom stereocenters. The molecule has 2 rings (SSSR count). The van der Waals surface area contributed by atoms with Crippen molar-refractivity contribution in [2.24, 2.45) is 5.92 Å². The van der Waals surface area contributed by atoms with E-state index in [2.05, 4.69) is 4.72 Å². The molecule has 1 saturated carbocycles. The van der Waals surface area contributed by atoms with E-state index >= 15 is 0 Å².